The van der Waals surface area contributed by atoms with E-state index in [4.69, 9.17) is 5.11 Å². The Balaban J connectivity index is 1.81. The minimum atomic E-state index is -4.79. The third kappa shape index (κ3) is 3.86. The van der Waals surface area contributed by atoms with Gasteiger partial charge in [0.2, 0.25) is 0 Å². The lowest BCUT2D eigenvalue weighted by atomic mass is 9.98. The molecule has 1 aromatic heterocycles. The highest BCUT2D eigenvalue weighted by molar-refractivity contribution is 5.98. The number of aromatic nitrogens is 1. The monoisotopic (exact) mass is 356 g/mol. The molecular formula is C16H15F3N2O4. The fourth-order valence-corrected chi connectivity index (χ4v) is 2.95. The van der Waals surface area contributed by atoms with Gasteiger partial charge in [0, 0.05) is 30.1 Å². The minimum absolute atomic E-state index is 0.117. The summed E-state index contributed by atoms with van der Waals surface area (Å²) < 4.78 is 40.7. The molecule has 0 radical (unpaired) electrons. The van der Waals surface area contributed by atoms with Crippen molar-refractivity contribution in [3.05, 3.63) is 30.0 Å². The quantitative estimate of drug-likeness (QED) is 0.886. The molecule has 1 aliphatic heterocycles. The molecular weight excluding hydrogens is 341 g/mol. The lowest BCUT2D eigenvalue weighted by Crippen LogP contribution is -2.42. The smallest absolute Gasteiger partial charge is 0.481 e. The van der Waals surface area contributed by atoms with E-state index in [1.165, 1.54) is 23.1 Å². The molecule has 2 heterocycles. The van der Waals surface area contributed by atoms with Crippen LogP contribution >= 0.6 is 0 Å². The van der Waals surface area contributed by atoms with Gasteiger partial charge in [-0.15, -0.1) is 13.2 Å². The molecule has 25 heavy (non-hydrogen) atoms. The first kappa shape index (κ1) is 17.1. The van der Waals surface area contributed by atoms with Gasteiger partial charge in [-0.25, -0.2) is 0 Å². The number of amides is 1. The standard InChI is InChI=1S/C16H15F3N2O4/c17-16(18,19)25-11-4-3-9-6-13(20-12(9)7-11)14(22)21-5-1-2-10(8-21)15(23)24/h3-4,6-7,10,20H,1-2,5,8H2,(H,23,24)/t10-/m0/s1. The molecule has 0 bridgehead atoms. The molecule has 6 nitrogen and oxygen atoms in total. The maximum Gasteiger partial charge on any atom is 0.573 e. The summed E-state index contributed by atoms with van der Waals surface area (Å²) in [5.74, 6) is -2.30. The molecule has 2 aromatic rings. The predicted octanol–water partition coefficient (Wildman–Crippen LogP) is 3.00. The summed E-state index contributed by atoms with van der Waals surface area (Å²) in [4.78, 5) is 27.9. The zero-order chi connectivity index (χ0) is 18.2. The van der Waals surface area contributed by atoms with Gasteiger partial charge in [-0.3, -0.25) is 9.59 Å². The summed E-state index contributed by atoms with van der Waals surface area (Å²) in [7, 11) is 0. The fraction of sp³-hybridized carbons (Fsp3) is 0.375. The van der Waals surface area contributed by atoms with Crippen LogP contribution in [0, 0.1) is 5.92 Å². The number of likely N-dealkylation sites (tertiary alicyclic amines) is 1. The molecule has 1 aromatic carbocycles. The van der Waals surface area contributed by atoms with Crippen molar-refractivity contribution >= 4 is 22.8 Å². The van der Waals surface area contributed by atoms with Crippen LogP contribution in [-0.2, 0) is 4.79 Å². The topological polar surface area (TPSA) is 82.6 Å². The highest BCUT2D eigenvalue weighted by Gasteiger charge is 2.31. The third-order valence-electron chi connectivity index (χ3n) is 4.12. The van der Waals surface area contributed by atoms with E-state index >= 15 is 0 Å². The van der Waals surface area contributed by atoms with Gasteiger partial charge in [0.05, 0.1) is 5.92 Å². The van der Waals surface area contributed by atoms with E-state index in [1.54, 1.807) is 0 Å². The lowest BCUT2D eigenvalue weighted by molar-refractivity contribution is -0.274. The van der Waals surface area contributed by atoms with Crippen LogP contribution < -0.4 is 4.74 Å². The first-order chi connectivity index (χ1) is 11.7. The van der Waals surface area contributed by atoms with Crippen LogP contribution in [0.5, 0.6) is 5.75 Å². The van der Waals surface area contributed by atoms with Crippen molar-refractivity contribution in [3.63, 3.8) is 0 Å². The number of fused-ring (bicyclic) bond motifs is 1. The first-order valence-corrected chi connectivity index (χ1v) is 7.63. The molecule has 9 heteroatoms. The Morgan fingerprint density at radius 2 is 2.04 bits per heavy atom. The van der Waals surface area contributed by atoms with Crippen LogP contribution in [-0.4, -0.2) is 46.3 Å². The van der Waals surface area contributed by atoms with Crippen molar-refractivity contribution in [3.8, 4) is 5.75 Å². The van der Waals surface area contributed by atoms with Crippen LogP contribution in [0.25, 0.3) is 10.9 Å². The Morgan fingerprint density at radius 3 is 2.72 bits per heavy atom. The Morgan fingerprint density at radius 1 is 1.28 bits per heavy atom. The number of alkyl halides is 3. The van der Waals surface area contributed by atoms with E-state index in [0.29, 0.717) is 30.3 Å². The second kappa shape index (κ2) is 6.30. The molecule has 3 rings (SSSR count). The minimum Gasteiger partial charge on any atom is -0.481 e. The van der Waals surface area contributed by atoms with E-state index in [2.05, 4.69) is 9.72 Å². The predicted molar refractivity (Wildman–Crippen MR) is 81.2 cm³/mol. The Hall–Kier alpha value is -2.71. The molecule has 1 atom stereocenters. The number of piperidine rings is 1. The molecule has 1 saturated heterocycles. The van der Waals surface area contributed by atoms with Gasteiger partial charge in [-0.1, -0.05) is 0 Å². The maximum absolute atomic E-state index is 12.5. The van der Waals surface area contributed by atoms with Gasteiger partial charge in [-0.2, -0.15) is 0 Å². The second-order valence-electron chi connectivity index (χ2n) is 5.91. The van der Waals surface area contributed by atoms with Crippen LogP contribution in [0.15, 0.2) is 24.3 Å². The molecule has 0 saturated carbocycles. The average molecular weight is 356 g/mol. The summed E-state index contributed by atoms with van der Waals surface area (Å²) in [5.41, 5.74) is 0.530. The number of carbonyl (C=O) groups is 2. The molecule has 134 valence electrons. The first-order valence-electron chi connectivity index (χ1n) is 7.63. The summed E-state index contributed by atoms with van der Waals surface area (Å²) in [6, 6.07) is 5.27. The number of benzene rings is 1. The van der Waals surface area contributed by atoms with E-state index in [-0.39, 0.29) is 23.9 Å². The molecule has 1 aliphatic rings. The number of rotatable bonds is 3. The van der Waals surface area contributed by atoms with Gasteiger partial charge >= 0.3 is 12.3 Å². The van der Waals surface area contributed by atoms with Crippen molar-refractivity contribution in [2.45, 2.75) is 19.2 Å². The van der Waals surface area contributed by atoms with Crippen molar-refractivity contribution in [1.29, 1.82) is 0 Å². The van der Waals surface area contributed by atoms with Crippen LogP contribution in [0.3, 0.4) is 0 Å². The Labute approximate surface area is 140 Å². The summed E-state index contributed by atoms with van der Waals surface area (Å²) in [6.45, 7) is 0.562. The lowest BCUT2D eigenvalue weighted by Gasteiger charge is -2.30. The van der Waals surface area contributed by atoms with Crippen LogP contribution in [0.4, 0.5) is 13.2 Å². The van der Waals surface area contributed by atoms with Gasteiger partial charge in [0.15, 0.2) is 0 Å². The number of nitrogens with one attached hydrogen (secondary N) is 1. The van der Waals surface area contributed by atoms with Crippen molar-refractivity contribution in [2.75, 3.05) is 13.1 Å². The highest BCUT2D eigenvalue weighted by Crippen LogP contribution is 2.27. The molecule has 2 N–H and O–H groups in total. The van der Waals surface area contributed by atoms with Gasteiger partial charge in [0.25, 0.3) is 5.91 Å². The number of aromatic amines is 1. The fourth-order valence-electron chi connectivity index (χ4n) is 2.95. The zero-order valence-corrected chi connectivity index (χ0v) is 13.0. The van der Waals surface area contributed by atoms with Gasteiger partial charge in [0.1, 0.15) is 11.4 Å². The molecule has 1 fully saturated rings. The molecule has 0 unspecified atom stereocenters. The second-order valence-corrected chi connectivity index (χ2v) is 5.91. The van der Waals surface area contributed by atoms with E-state index in [9.17, 15) is 22.8 Å². The normalized spacial score (nSPS) is 18.4. The summed E-state index contributed by atoms with van der Waals surface area (Å²) in [6.07, 6.45) is -3.69. The average Bonchev–Trinajstić information content (AvgIpc) is 2.96. The number of carboxylic acids is 1. The number of ether oxygens (including phenoxy) is 1. The van der Waals surface area contributed by atoms with E-state index in [0.717, 1.165) is 6.07 Å². The maximum atomic E-state index is 12.5. The summed E-state index contributed by atoms with van der Waals surface area (Å²) >= 11 is 0. The molecule has 0 aliphatic carbocycles. The number of hydrogen-bond donors (Lipinski definition) is 2. The number of halogens is 3. The third-order valence-corrected chi connectivity index (χ3v) is 4.12. The van der Waals surface area contributed by atoms with Crippen molar-refractivity contribution < 1.29 is 32.6 Å². The van der Waals surface area contributed by atoms with Crippen LogP contribution in [0.2, 0.25) is 0 Å². The number of H-pyrrole nitrogens is 1. The van der Waals surface area contributed by atoms with Gasteiger partial charge < -0.3 is 19.7 Å². The van der Waals surface area contributed by atoms with Crippen LogP contribution in [0.1, 0.15) is 23.3 Å². The Kier molecular flexibility index (Phi) is 4.32. The van der Waals surface area contributed by atoms with Gasteiger partial charge in [-0.05, 0) is 31.0 Å². The summed E-state index contributed by atoms with van der Waals surface area (Å²) in [5, 5.41) is 9.65. The van der Waals surface area contributed by atoms with Crippen molar-refractivity contribution in [2.24, 2.45) is 5.92 Å². The SMILES string of the molecule is O=C(O)[C@H]1CCCN(C(=O)c2cc3ccc(OC(F)(F)F)cc3[nH]2)C1. The number of hydrogen-bond acceptors (Lipinski definition) is 3. The molecule has 0 spiro atoms. The number of carboxylic acid groups (broad SMARTS) is 1. The van der Waals surface area contributed by atoms with Crippen molar-refractivity contribution in [1.82, 2.24) is 9.88 Å². The zero-order valence-electron chi connectivity index (χ0n) is 13.0. The number of carbonyl (C=O) groups excluding carboxylic acids is 1. The van der Waals surface area contributed by atoms with E-state index < -0.39 is 18.2 Å². The molecule has 1 amide bonds. The number of aliphatic carboxylic acids is 1. The Bertz CT molecular complexity index is 815. The largest absolute Gasteiger partial charge is 0.573 e. The van der Waals surface area contributed by atoms with E-state index in [1.807, 2.05) is 0 Å². The highest BCUT2D eigenvalue weighted by atomic mass is 19.4. The number of nitrogens with zero attached hydrogens (tertiary/aromatic N) is 1.